The molecule has 2 heterocycles. The number of anilines is 1. The summed E-state index contributed by atoms with van der Waals surface area (Å²) in [6, 6.07) is 19.3. The van der Waals surface area contributed by atoms with Gasteiger partial charge in [0.25, 0.3) is 5.91 Å². The van der Waals surface area contributed by atoms with E-state index in [1.165, 1.54) is 40.2 Å². The molecule has 2 N–H and O–H groups in total. The molecule has 1 unspecified atom stereocenters. The molecule has 1 aliphatic heterocycles. The van der Waals surface area contributed by atoms with Crippen LogP contribution < -0.4 is 20.3 Å². The van der Waals surface area contributed by atoms with Crippen molar-refractivity contribution >= 4 is 17.6 Å². The molecule has 0 aliphatic carbocycles. The van der Waals surface area contributed by atoms with Crippen LogP contribution in [0.2, 0.25) is 0 Å². The van der Waals surface area contributed by atoms with Crippen molar-refractivity contribution in [3.05, 3.63) is 90.3 Å². The highest BCUT2D eigenvalue weighted by Crippen LogP contribution is 2.25. The van der Waals surface area contributed by atoms with Gasteiger partial charge in [-0.3, -0.25) is 10.1 Å². The molecule has 14 heteroatoms. The molecule has 0 spiro atoms. The molecule has 1 aromatic heterocycles. The summed E-state index contributed by atoms with van der Waals surface area (Å²) in [6.45, 7) is 2.09. The number of aromatic nitrogens is 3. The summed E-state index contributed by atoms with van der Waals surface area (Å²) in [5.41, 5.74) is 3.26. The van der Waals surface area contributed by atoms with Crippen LogP contribution in [-0.4, -0.2) is 59.5 Å². The van der Waals surface area contributed by atoms with E-state index in [1.54, 1.807) is 24.3 Å². The van der Waals surface area contributed by atoms with Gasteiger partial charge in [0, 0.05) is 12.1 Å². The Morgan fingerprint density at radius 1 is 1.07 bits per heavy atom. The van der Waals surface area contributed by atoms with E-state index in [-0.39, 0.29) is 38.2 Å². The number of ether oxygens (including phenoxy) is 2. The quantitative estimate of drug-likeness (QED) is 0.147. The number of aryl methyl sites for hydroxylation is 1. The van der Waals surface area contributed by atoms with Gasteiger partial charge in [0.2, 0.25) is 5.96 Å². The third kappa shape index (κ3) is 7.53. The number of nitrogens with one attached hydrogen (secondary N) is 2. The molecule has 1 atom stereocenters. The minimum absolute atomic E-state index is 0.00289. The Kier molecular flexibility index (Phi) is 8.97. The van der Waals surface area contributed by atoms with Crippen molar-refractivity contribution in [3.8, 4) is 22.8 Å². The van der Waals surface area contributed by atoms with Crippen LogP contribution in [0.25, 0.3) is 17.1 Å². The lowest BCUT2D eigenvalue weighted by atomic mass is 10.1. The molecule has 10 nitrogen and oxygen atoms in total. The molecule has 1 fully saturated rings. The molecule has 0 saturated carbocycles. The van der Waals surface area contributed by atoms with E-state index >= 15 is 0 Å². The summed E-state index contributed by atoms with van der Waals surface area (Å²) in [5, 5.41) is 10.2. The van der Waals surface area contributed by atoms with Crippen molar-refractivity contribution in [2.24, 2.45) is 4.99 Å². The zero-order valence-corrected chi connectivity index (χ0v) is 22.9. The summed E-state index contributed by atoms with van der Waals surface area (Å²) in [5.74, 6) is 0.308. The van der Waals surface area contributed by atoms with E-state index in [0.29, 0.717) is 28.6 Å². The standard InChI is InChI=1S/C29H27F4N7O3/c1-19-4-2-3-5-25(19)40-26(41)15-35-28(40)37-18-42-17-34-14-24(30)20-6-8-21(9-7-20)27-36-16-39(38-27)22-10-12-23(13-11-22)43-29(31,32)33/h2-13,16,24,34H,14-15,17-18H2,1H3,(H,35,37). The lowest BCUT2D eigenvalue weighted by Gasteiger charge is -2.18. The topological polar surface area (TPSA) is 106 Å². The van der Waals surface area contributed by atoms with Crippen molar-refractivity contribution in [2.45, 2.75) is 19.5 Å². The minimum Gasteiger partial charge on any atom is -0.406 e. The zero-order chi connectivity index (χ0) is 30.4. The number of halogens is 4. The number of hydrogen-bond donors (Lipinski definition) is 2. The maximum Gasteiger partial charge on any atom is 0.573 e. The number of carbonyl (C=O) groups is 1. The predicted molar refractivity (Wildman–Crippen MR) is 150 cm³/mol. The Bertz CT molecular complexity index is 1570. The first kappa shape index (κ1) is 29.7. The zero-order valence-electron chi connectivity index (χ0n) is 22.9. The van der Waals surface area contributed by atoms with Gasteiger partial charge in [-0.15, -0.1) is 18.3 Å². The molecule has 43 heavy (non-hydrogen) atoms. The first-order valence-corrected chi connectivity index (χ1v) is 13.2. The molecule has 5 rings (SSSR count). The molecule has 4 aromatic rings. The van der Waals surface area contributed by atoms with Crippen LogP contribution in [0.1, 0.15) is 17.3 Å². The average Bonchev–Trinajstić information content (AvgIpc) is 3.62. The predicted octanol–water partition coefficient (Wildman–Crippen LogP) is 4.67. The van der Waals surface area contributed by atoms with Crippen LogP contribution >= 0.6 is 0 Å². The molecular weight excluding hydrogens is 570 g/mol. The lowest BCUT2D eigenvalue weighted by Crippen LogP contribution is -2.33. The molecule has 3 aromatic carbocycles. The third-order valence-corrected chi connectivity index (χ3v) is 6.41. The van der Waals surface area contributed by atoms with Crippen molar-refractivity contribution in [3.63, 3.8) is 0 Å². The minimum atomic E-state index is -4.77. The van der Waals surface area contributed by atoms with Crippen molar-refractivity contribution in [1.29, 1.82) is 0 Å². The number of hydrogen-bond acceptors (Lipinski definition) is 7. The van der Waals surface area contributed by atoms with Gasteiger partial charge in [0.15, 0.2) is 5.82 Å². The van der Waals surface area contributed by atoms with E-state index in [0.717, 1.165) is 11.3 Å². The van der Waals surface area contributed by atoms with Crippen molar-refractivity contribution < 1.29 is 31.8 Å². The van der Waals surface area contributed by atoms with Crippen LogP contribution in [0.5, 0.6) is 5.75 Å². The Balaban J connectivity index is 1.08. The molecule has 1 aliphatic rings. The second kappa shape index (κ2) is 13.0. The maximum absolute atomic E-state index is 14.8. The molecular formula is C29H27F4N7O3. The van der Waals surface area contributed by atoms with E-state index in [4.69, 9.17) is 4.74 Å². The fourth-order valence-corrected chi connectivity index (χ4v) is 4.31. The fourth-order valence-electron chi connectivity index (χ4n) is 4.31. The summed E-state index contributed by atoms with van der Waals surface area (Å²) in [7, 11) is 0. The Hall–Kier alpha value is -4.82. The maximum atomic E-state index is 14.8. The van der Waals surface area contributed by atoms with E-state index in [1.807, 2.05) is 31.2 Å². The first-order valence-electron chi connectivity index (χ1n) is 13.2. The van der Waals surface area contributed by atoms with Gasteiger partial charge in [0.1, 0.15) is 25.0 Å². The number of para-hydroxylation sites is 1. The molecule has 224 valence electrons. The fraction of sp³-hybridized carbons (Fsp3) is 0.241. The number of aliphatic imine (C=N–C) groups is 1. The number of benzene rings is 3. The number of nitrogens with zero attached hydrogens (tertiary/aromatic N) is 5. The Morgan fingerprint density at radius 2 is 1.81 bits per heavy atom. The highest BCUT2D eigenvalue weighted by molar-refractivity contribution is 6.22. The first-order chi connectivity index (χ1) is 20.7. The summed E-state index contributed by atoms with van der Waals surface area (Å²) in [4.78, 5) is 22.4. The van der Waals surface area contributed by atoms with Crippen LogP contribution in [0.15, 0.2) is 84.1 Å². The van der Waals surface area contributed by atoms with Gasteiger partial charge in [-0.2, -0.15) is 0 Å². The number of alkyl halides is 4. The van der Waals surface area contributed by atoms with Gasteiger partial charge in [-0.1, -0.05) is 42.5 Å². The molecule has 0 radical (unpaired) electrons. The van der Waals surface area contributed by atoms with Gasteiger partial charge in [-0.05, 0) is 48.4 Å². The van der Waals surface area contributed by atoms with Crippen LogP contribution in [-0.2, 0) is 9.53 Å². The van der Waals surface area contributed by atoms with Gasteiger partial charge in [0.05, 0.1) is 24.7 Å². The second-order valence-corrected chi connectivity index (χ2v) is 9.43. The van der Waals surface area contributed by atoms with E-state index in [2.05, 4.69) is 30.4 Å². The average molecular weight is 598 g/mol. The van der Waals surface area contributed by atoms with Gasteiger partial charge >= 0.3 is 6.36 Å². The Labute approximate surface area is 244 Å². The third-order valence-electron chi connectivity index (χ3n) is 6.41. The monoisotopic (exact) mass is 597 g/mol. The second-order valence-electron chi connectivity index (χ2n) is 9.43. The Morgan fingerprint density at radius 3 is 2.53 bits per heavy atom. The summed E-state index contributed by atoms with van der Waals surface area (Å²) in [6.07, 6.45) is -4.65. The van der Waals surface area contributed by atoms with Crippen LogP contribution in [0.4, 0.5) is 23.2 Å². The van der Waals surface area contributed by atoms with Crippen molar-refractivity contribution in [2.75, 3.05) is 31.5 Å². The SMILES string of the molecule is Cc1ccccc1N1C(=O)CN/C1=N\COCNCC(F)c1ccc(-c2ncn(-c3ccc(OC(F)(F)F)cc3)n2)cc1. The molecule has 0 bridgehead atoms. The number of guanidine groups is 1. The van der Waals surface area contributed by atoms with Crippen molar-refractivity contribution in [1.82, 2.24) is 25.4 Å². The van der Waals surface area contributed by atoms with E-state index < -0.39 is 12.5 Å². The van der Waals surface area contributed by atoms with Gasteiger partial charge < -0.3 is 14.8 Å². The van der Waals surface area contributed by atoms with E-state index in [9.17, 15) is 22.4 Å². The summed E-state index contributed by atoms with van der Waals surface area (Å²) >= 11 is 0. The number of amides is 1. The van der Waals surface area contributed by atoms with Gasteiger partial charge in [-0.25, -0.2) is 23.9 Å². The largest absolute Gasteiger partial charge is 0.573 e. The smallest absolute Gasteiger partial charge is 0.406 e. The van der Waals surface area contributed by atoms with Crippen LogP contribution in [0, 0.1) is 6.92 Å². The highest BCUT2D eigenvalue weighted by Gasteiger charge is 2.31. The number of carbonyl (C=O) groups excluding carboxylic acids is 1. The molecule has 1 saturated heterocycles. The highest BCUT2D eigenvalue weighted by atomic mass is 19.4. The van der Waals surface area contributed by atoms with Crippen LogP contribution in [0.3, 0.4) is 0 Å². The normalized spacial score (nSPS) is 15.1. The number of rotatable bonds is 11. The summed E-state index contributed by atoms with van der Waals surface area (Å²) < 4.78 is 62.6. The molecule has 1 amide bonds. The lowest BCUT2D eigenvalue weighted by molar-refractivity contribution is -0.274.